The number of hydrogen-bond donors (Lipinski definition) is 2. The number of aromatic nitrogens is 5. The van der Waals surface area contributed by atoms with E-state index in [1.807, 2.05) is 18.4 Å². The number of ketones is 1. The van der Waals surface area contributed by atoms with E-state index in [9.17, 15) is 13.2 Å². The highest BCUT2D eigenvalue weighted by atomic mass is 32.2. The first-order valence-electron chi connectivity index (χ1n) is 9.44. The maximum atomic E-state index is 13.3. The number of benzene rings is 1. The summed E-state index contributed by atoms with van der Waals surface area (Å²) in [5.74, 6) is -0.107. The summed E-state index contributed by atoms with van der Waals surface area (Å²) in [5.41, 5.74) is 7.51. The van der Waals surface area contributed by atoms with Gasteiger partial charge in [-0.25, -0.2) is 15.0 Å². The van der Waals surface area contributed by atoms with Crippen molar-refractivity contribution in [3.05, 3.63) is 60.4 Å². The van der Waals surface area contributed by atoms with Crippen molar-refractivity contribution in [2.24, 2.45) is 7.05 Å². The number of nitrogen functional groups attached to an aromatic ring is 1. The Labute approximate surface area is 178 Å². The molecule has 1 aromatic carbocycles. The van der Waals surface area contributed by atoms with E-state index in [1.165, 1.54) is 29.5 Å². The summed E-state index contributed by atoms with van der Waals surface area (Å²) >= 11 is 0. The number of nitrogens with two attached hydrogens (primary N) is 1. The molecule has 0 aliphatic carbocycles. The molecule has 0 atom stereocenters. The monoisotopic (exact) mass is 439 g/mol. The van der Waals surface area contributed by atoms with Crippen molar-refractivity contribution in [2.75, 3.05) is 10.5 Å². The van der Waals surface area contributed by atoms with Crippen LogP contribution in [-0.2, 0) is 17.1 Å². The molecule has 11 heteroatoms. The predicted molar refractivity (Wildman–Crippen MR) is 116 cm³/mol. The number of nitrogens with zero attached hydrogens (tertiary/aromatic N) is 5. The number of anilines is 2. The van der Waals surface area contributed by atoms with Crippen LogP contribution in [0.25, 0.3) is 11.0 Å². The number of nitrogens with one attached hydrogen (secondary N) is 1. The molecule has 0 unspecified atom stereocenters. The van der Waals surface area contributed by atoms with E-state index in [-0.39, 0.29) is 28.4 Å². The second-order valence-corrected chi connectivity index (χ2v) is 9.02. The molecule has 0 amide bonds. The molecule has 10 nitrogen and oxygen atoms in total. The standard InChI is InChI=1S/C20H21N7O3S/c1-12(2)27-8-15(17-19(21)22-10-23-20(17)27)18(28)13-5-4-6-14(7-13)25-31(29,30)16-9-26(3)11-24-16/h4-12,25H,1-3H3,(H2,21,22,23). The molecular weight excluding hydrogens is 418 g/mol. The van der Waals surface area contributed by atoms with Crippen molar-refractivity contribution in [3.63, 3.8) is 0 Å². The summed E-state index contributed by atoms with van der Waals surface area (Å²) in [5, 5.41) is 0.359. The summed E-state index contributed by atoms with van der Waals surface area (Å²) in [6.45, 7) is 3.94. The fourth-order valence-electron chi connectivity index (χ4n) is 3.29. The maximum Gasteiger partial charge on any atom is 0.280 e. The van der Waals surface area contributed by atoms with E-state index in [1.54, 1.807) is 31.4 Å². The number of carbonyl (C=O) groups is 1. The Morgan fingerprint density at radius 2 is 1.94 bits per heavy atom. The van der Waals surface area contributed by atoms with Crippen LogP contribution in [0.4, 0.5) is 11.5 Å². The third kappa shape index (κ3) is 3.75. The zero-order valence-corrected chi connectivity index (χ0v) is 18.0. The number of fused-ring (bicyclic) bond motifs is 1. The molecule has 4 aromatic rings. The molecule has 3 N–H and O–H groups in total. The van der Waals surface area contributed by atoms with Crippen LogP contribution in [0.3, 0.4) is 0 Å². The number of hydrogen-bond acceptors (Lipinski definition) is 7. The van der Waals surface area contributed by atoms with Crippen LogP contribution in [0, 0.1) is 0 Å². The number of rotatable bonds is 6. The molecule has 0 bridgehead atoms. The van der Waals surface area contributed by atoms with Gasteiger partial charge in [-0.15, -0.1) is 0 Å². The van der Waals surface area contributed by atoms with Crippen molar-refractivity contribution >= 4 is 38.3 Å². The minimum absolute atomic E-state index is 0.0508. The van der Waals surface area contributed by atoms with Gasteiger partial charge in [-0.05, 0) is 26.0 Å². The molecule has 0 saturated carbocycles. The van der Waals surface area contributed by atoms with E-state index in [0.29, 0.717) is 22.2 Å². The summed E-state index contributed by atoms with van der Waals surface area (Å²) in [7, 11) is -2.21. The molecule has 0 saturated heterocycles. The molecule has 3 aromatic heterocycles. The zero-order chi connectivity index (χ0) is 22.3. The first kappa shape index (κ1) is 20.5. The molecule has 160 valence electrons. The number of sulfonamides is 1. The van der Waals surface area contributed by atoms with Crippen molar-refractivity contribution in [2.45, 2.75) is 24.9 Å². The fraction of sp³-hybridized carbons (Fsp3) is 0.200. The van der Waals surface area contributed by atoms with E-state index >= 15 is 0 Å². The zero-order valence-electron chi connectivity index (χ0n) is 17.1. The number of imidazole rings is 1. The topological polar surface area (TPSA) is 138 Å². The Morgan fingerprint density at radius 1 is 1.16 bits per heavy atom. The Morgan fingerprint density at radius 3 is 2.61 bits per heavy atom. The normalized spacial score (nSPS) is 11.9. The third-order valence-electron chi connectivity index (χ3n) is 4.77. The largest absolute Gasteiger partial charge is 0.383 e. The Hall–Kier alpha value is -3.73. The van der Waals surface area contributed by atoms with Gasteiger partial charge in [0.2, 0.25) is 0 Å². The van der Waals surface area contributed by atoms with Crippen molar-refractivity contribution in [1.82, 2.24) is 24.1 Å². The van der Waals surface area contributed by atoms with Gasteiger partial charge in [-0.3, -0.25) is 9.52 Å². The average molecular weight is 440 g/mol. The van der Waals surface area contributed by atoms with Crippen LogP contribution >= 0.6 is 0 Å². The first-order valence-corrected chi connectivity index (χ1v) is 10.9. The molecule has 0 radical (unpaired) electrons. The van der Waals surface area contributed by atoms with Crippen LogP contribution in [0.15, 0.2) is 54.3 Å². The second-order valence-electron chi connectivity index (χ2n) is 7.39. The second kappa shape index (κ2) is 7.51. The van der Waals surface area contributed by atoms with Gasteiger partial charge in [0, 0.05) is 36.7 Å². The van der Waals surface area contributed by atoms with Gasteiger partial charge < -0.3 is 14.9 Å². The van der Waals surface area contributed by atoms with Gasteiger partial charge in [-0.2, -0.15) is 8.42 Å². The Balaban J connectivity index is 1.73. The quantitative estimate of drug-likeness (QED) is 0.440. The minimum Gasteiger partial charge on any atom is -0.383 e. The fourth-order valence-corrected chi connectivity index (χ4v) is 4.32. The lowest BCUT2D eigenvalue weighted by atomic mass is 10.0. The predicted octanol–water partition coefficient (Wildman–Crippen LogP) is 2.36. The van der Waals surface area contributed by atoms with Crippen LogP contribution < -0.4 is 10.5 Å². The molecule has 0 fully saturated rings. The summed E-state index contributed by atoms with van der Waals surface area (Å²) < 4.78 is 31.0. The number of aryl methyl sites for hydroxylation is 1. The first-order chi connectivity index (χ1) is 14.7. The summed E-state index contributed by atoms with van der Waals surface area (Å²) in [6.07, 6.45) is 5.84. The van der Waals surface area contributed by atoms with Crippen LogP contribution in [-0.4, -0.2) is 38.3 Å². The van der Waals surface area contributed by atoms with Crippen molar-refractivity contribution in [3.8, 4) is 0 Å². The van der Waals surface area contributed by atoms with Gasteiger partial charge in [0.25, 0.3) is 10.0 Å². The number of carbonyl (C=O) groups excluding carboxylic acids is 1. The lowest BCUT2D eigenvalue weighted by Crippen LogP contribution is -2.14. The highest BCUT2D eigenvalue weighted by Gasteiger charge is 2.22. The van der Waals surface area contributed by atoms with Crippen LogP contribution in [0.1, 0.15) is 35.8 Å². The molecule has 4 rings (SSSR count). The van der Waals surface area contributed by atoms with Gasteiger partial charge in [0.05, 0.1) is 17.3 Å². The van der Waals surface area contributed by atoms with Gasteiger partial charge in [-0.1, -0.05) is 12.1 Å². The van der Waals surface area contributed by atoms with Crippen molar-refractivity contribution in [1.29, 1.82) is 0 Å². The lowest BCUT2D eigenvalue weighted by molar-refractivity contribution is 0.104. The van der Waals surface area contributed by atoms with Crippen LogP contribution in [0.5, 0.6) is 0 Å². The van der Waals surface area contributed by atoms with Crippen molar-refractivity contribution < 1.29 is 13.2 Å². The molecule has 31 heavy (non-hydrogen) atoms. The molecular formula is C20H21N7O3S. The smallest absolute Gasteiger partial charge is 0.280 e. The highest BCUT2D eigenvalue weighted by Crippen LogP contribution is 2.29. The minimum atomic E-state index is -3.89. The molecule has 3 heterocycles. The van der Waals surface area contributed by atoms with E-state index in [4.69, 9.17) is 5.73 Å². The summed E-state index contributed by atoms with van der Waals surface area (Å²) in [4.78, 5) is 25.5. The van der Waals surface area contributed by atoms with Gasteiger partial charge in [0.1, 0.15) is 17.8 Å². The van der Waals surface area contributed by atoms with Crippen LogP contribution in [0.2, 0.25) is 0 Å². The van der Waals surface area contributed by atoms with E-state index in [0.717, 1.165) is 0 Å². The van der Waals surface area contributed by atoms with E-state index < -0.39 is 10.0 Å². The molecule has 0 aliphatic rings. The lowest BCUT2D eigenvalue weighted by Gasteiger charge is -2.08. The third-order valence-corrected chi connectivity index (χ3v) is 6.04. The Kier molecular flexibility index (Phi) is 4.97. The highest BCUT2D eigenvalue weighted by molar-refractivity contribution is 7.92. The Bertz CT molecular complexity index is 1400. The molecule has 0 spiro atoms. The SMILES string of the molecule is CC(C)n1cc(C(=O)c2cccc(NS(=O)(=O)c3cn(C)cn3)c2)c2c(N)ncnc21. The van der Waals surface area contributed by atoms with Gasteiger partial charge >= 0.3 is 0 Å². The molecule has 0 aliphatic heterocycles. The average Bonchev–Trinajstić information content (AvgIpc) is 3.32. The van der Waals surface area contributed by atoms with Gasteiger partial charge in [0.15, 0.2) is 10.8 Å². The summed E-state index contributed by atoms with van der Waals surface area (Å²) in [6, 6.07) is 6.30. The maximum absolute atomic E-state index is 13.3. The van der Waals surface area contributed by atoms with E-state index in [2.05, 4.69) is 19.7 Å².